The minimum atomic E-state index is -0.119. The van der Waals surface area contributed by atoms with E-state index in [1.165, 1.54) is 6.07 Å². The van der Waals surface area contributed by atoms with Gasteiger partial charge in [-0.3, -0.25) is 9.78 Å². The zero-order valence-electron chi connectivity index (χ0n) is 16.4. The summed E-state index contributed by atoms with van der Waals surface area (Å²) in [6, 6.07) is 12.6. The molecule has 0 aliphatic carbocycles. The third-order valence-electron chi connectivity index (χ3n) is 4.84. The molecule has 0 aliphatic heterocycles. The van der Waals surface area contributed by atoms with Crippen molar-refractivity contribution >= 4 is 28.3 Å². The molecule has 0 bridgehead atoms. The number of halogens is 1. The fourth-order valence-electron chi connectivity index (χ4n) is 3.40. The molecule has 0 saturated heterocycles. The fourth-order valence-corrected chi connectivity index (χ4v) is 3.59. The van der Waals surface area contributed by atoms with E-state index >= 15 is 0 Å². The molecule has 29 heavy (non-hydrogen) atoms. The predicted molar refractivity (Wildman–Crippen MR) is 116 cm³/mol. The summed E-state index contributed by atoms with van der Waals surface area (Å²) in [4.78, 5) is 21.2. The Morgan fingerprint density at radius 1 is 1.14 bits per heavy atom. The zero-order chi connectivity index (χ0) is 20.5. The topological polar surface area (TPSA) is 68.0 Å². The molecular formula is C23H20ClN3O2. The molecule has 0 amide bonds. The van der Waals surface area contributed by atoms with Crippen LogP contribution in [-0.2, 0) is 0 Å². The summed E-state index contributed by atoms with van der Waals surface area (Å²) in [5, 5.41) is 4.47. The van der Waals surface area contributed by atoms with Crippen LogP contribution >= 0.6 is 11.6 Å². The van der Waals surface area contributed by atoms with Gasteiger partial charge in [0.2, 0.25) is 0 Å². The molecule has 0 spiro atoms. The number of anilines is 1. The van der Waals surface area contributed by atoms with Gasteiger partial charge in [-0.15, -0.1) is 0 Å². The molecule has 146 valence electrons. The van der Waals surface area contributed by atoms with Crippen LogP contribution in [0.1, 0.15) is 29.8 Å². The number of nitrogens with zero attached hydrogens (tertiary/aromatic N) is 2. The van der Waals surface area contributed by atoms with Crippen LogP contribution in [0.2, 0.25) is 5.15 Å². The van der Waals surface area contributed by atoms with Crippen molar-refractivity contribution in [2.24, 2.45) is 0 Å². The van der Waals surface area contributed by atoms with Crippen molar-refractivity contribution in [2.75, 3.05) is 5.32 Å². The van der Waals surface area contributed by atoms with E-state index in [1.807, 2.05) is 51.1 Å². The fraction of sp³-hybridized carbons (Fsp3) is 0.174. The normalized spacial score (nSPS) is 12.1. The minimum Gasteiger partial charge on any atom is -0.455 e. The number of benzene rings is 1. The molecule has 0 saturated carbocycles. The van der Waals surface area contributed by atoms with Gasteiger partial charge in [0.25, 0.3) is 0 Å². The maximum absolute atomic E-state index is 12.8. The first-order valence-corrected chi connectivity index (χ1v) is 9.68. The molecule has 0 aliphatic rings. The standard InChI is InChI=1S/C23H20ClN3O2/c1-13-9-17(14(2)26-19-6-7-22(24)27-15(19)3)23-18(10-13)20(28)11-21(29-23)16-5-4-8-25-12-16/h4-12,14,26H,1-3H3. The van der Waals surface area contributed by atoms with Gasteiger partial charge in [0.05, 0.1) is 22.8 Å². The molecule has 0 fully saturated rings. The Kier molecular flexibility index (Phi) is 5.07. The van der Waals surface area contributed by atoms with Crippen molar-refractivity contribution in [3.8, 4) is 11.3 Å². The van der Waals surface area contributed by atoms with Crippen molar-refractivity contribution in [1.29, 1.82) is 0 Å². The molecule has 3 aromatic heterocycles. The van der Waals surface area contributed by atoms with E-state index in [4.69, 9.17) is 16.0 Å². The van der Waals surface area contributed by atoms with E-state index in [9.17, 15) is 4.79 Å². The summed E-state index contributed by atoms with van der Waals surface area (Å²) in [5.74, 6) is 0.497. The van der Waals surface area contributed by atoms with E-state index < -0.39 is 0 Å². The average Bonchev–Trinajstić information content (AvgIpc) is 2.70. The lowest BCUT2D eigenvalue weighted by Gasteiger charge is -2.19. The van der Waals surface area contributed by atoms with Crippen LogP contribution in [0.5, 0.6) is 0 Å². The van der Waals surface area contributed by atoms with Gasteiger partial charge in [0, 0.05) is 29.6 Å². The van der Waals surface area contributed by atoms with E-state index in [2.05, 4.69) is 15.3 Å². The molecule has 1 N–H and O–H groups in total. The lowest BCUT2D eigenvalue weighted by Crippen LogP contribution is -2.11. The lowest BCUT2D eigenvalue weighted by molar-refractivity contribution is 0.610. The van der Waals surface area contributed by atoms with Crippen LogP contribution in [-0.4, -0.2) is 9.97 Å². The quantitative estimate of drug-likeness (QED) is 0.441. The van der Waals surface area contributed by atoms with Crippen LogP contribution < -0.4 is 10.7 Å². The second-order valence-electron chi connectivity index (χ2n) is 7.08. The van der Waals surface area contributed by atoms with Crippen molar-refractivity contribution < 1.29 is 4.42 Å². The van der Waals surface area contributed by atoms with E-state index in [0.717, 1.165) is 28.1 Å². The van der Waals surface area contributed by atoms with Crippen molar-refractivity contribution in [3.63, 3.8) is 0 Å². The molecule has 4 rings (SSSR count). The molecule has 5 nitrogen and oxygen atoms in total. The first kappa shape index (κ1) is 19.2. The number of aromatic nitrogens is 2. The number of aryl methyl sites for hydroxylation is 2. The van der Waals surface area contributed by atoms with Gasteiger partial charge in [-0.05, 0) is 56.7 Å². The van der Waals surface area contributed by atoms with Gasteiger partial charge in [0.1, 0.15) is 16.5 Å². The zero-order valence-corrected chi connectivity index (χ0v) is 17.1. The molecular weight excluding hydrogens is 386 g/mol. The smallest absolute Gasteiger partial charge is 0.193 e. The molecule has 0 radical (unpaired) electrons. The van der Waals surface area contributed by atoms with Crippen LogP contribution in [0.15, 0.2) is 64.1 Å². The Balaban J connectivity index is 1.84. The van der Waals surface area contributed by atoms with E-state index in [1.54, 1.807) is 18.5 Å². The summed E-state index contributed by atoms with van der Waals surface area (Å²) in [5.41, 5.74) is 4.83. The Morgan fingerprint density at radius 2 is 1.97 bits per heavy atom. The van der Waals surface area contributed by atoms with E-state index in [-0.39, 0.29) is 11.5 Å². The predicted octanol–water partition coefficient (Wildman–Crippen LogP) is 5.69. The van der Waals surface area contributed by atoms with Crippen molar-refractivity contribution in [1.82, 2.24) is 9.97 Å². The SMILES string of the molecule is Cc1cc(C(C)Nc2ccc(Cl)nc2C)c2oc(-c3cccnc3)cc(=O)c2c1. The average molecular weight is 406 g/mol. The number of pyridine rings is 2. The first-order chi connectivity index (χ1) is 13.9. The van der Waals surface area contributed by atoms with Gasteiger partial charge in [-0.2, -0.15) is 0 Å². The summed E-state index contributed by atoms with van der Waals surface area (Å²) in [7, 11) is 0. The molecule has 1 unspecified atom stereocenters. The highest BCUT2D eigenvalue weighted by Gasteiger charge is 2.17. The minimum absolute atomic E-state index is 0.0772. The van der Waals surface area contributed by atoms with Crippen molar-refractivity contribution in [2.45, 2.75) is 26.8 Å². The van der Waals surface area contributed by atoms with Crippen LogP contribution in [0, 0.1) is 13.8 Å². The number of hydrogen-bond acceptors (Lipinski definition) is 5. The lowest BCUT2D eigenvalue weighted by atomic mass is 10.0. The molecule has 6 heteroatoms. The van der Waals surface area contributed by atoms with Gasteiger partial charge in [-0.25, -0.2) is 4.98 Å². The van der Waals surface area contributed by atoms with Gasteiger partial charge in [-0.1, -0.05) is 17.7 Å². The molecule has 1 atom stereocenters. The third kappa shape index (κ3) is 3.87. The highest BCUT2D eigenvalue weighted by Crippen LogP contribution is 2.31. The highest BCUT2D eigenvalue weighted by atomic mass is 35.5. The number of hydrogen-bond donors (Lipinski definition) is 1. The summed E-state index contributed by atoms with van der Waals surface area (Å²) in [6.07, 6.45) is 3.37. The maximum Gasteiger partial charge on any atom is 0.193 e. The number of fused-ring (bicyclic) bond motifs is 1. The summed E-state index contributed by atoms with van der Waals surface area (Å²) < 4.78 is 6.21. The Hall–Kier alpha value is -3.18. The Morgan fingerprint density at radius 3 is 2.69 bits per heavy atom. The Labute approximate surface area is 173 Å². The second-order valence-corrected chi connectivity index (χ2v) is 7.47. The summed E-state index contributed by atoms with van der Waals surface area (Å²) in [6.45, 7) is 5.90. The van der Waals surface area contributed by atoms with Crippen LogP contribution in [0.25, 0.3) is 22.3 Å². The molecule has 3 heterocycles. The first-order valence-electron chi connectivity index (χ1n) is 9.31. The van der Waals surface area contributed by atoms with Crippen molar-refractivity contribution in [3.05, 3.63) is 87.1 Å². The largest absolute Gasteiger partial charge is 0.455 e. The van der Waals surface area contributed by atoms with Gasteiger partial charge < -0.3 is 9.73 Å². The summed E-state index contributed by atoms with van der Waals surface area (Å²) >= 11 is 5.97. The van der Waals surface area contributed by atoms with E-state index in [0.29, 0.717) is 21.9 Å². The number of nitrogens with one attached hydrogen (secondary N) is 1. The van der Waals surface area contributed by atoms with Crippen LogP contribution in [0.4, 0.5) is 5.69 Å². The Bertz CT molecular complexity index is 1250. The maximum atomic E-state index is 12.8. The van der Waals surface area contributed by atoms with Crippen LogP contribution in [0.3, 0.4) is 0 Å². The van der Waals surface area contributed by atoms with Gasteiger partial charge in [0.15, 0.2) is 5.43 Å². The second kappa shape index (κ2) is 7.68. The number of rotatable bonds is 4. The van der Waals surface area contributed by atoms with Gasteiger partial charge >= 0.3 is 0 Å². The molecule has 1 aromatic carbocycles. The monoisotopic (exact) mass is 405 g/mol. The molecule has 4 aromatic rings. The highest BCUT2D eigenvalue weighted by molar-refractivity contribution is 6.29. The third-order valence-corrected chi connectivity index (χ3v) is 5.05.